The van der Waals surface area contributed by atoms with Crippen LogP contribution in [0.5, 0.6) is 5.75 Å². The van der Waals surface area contributed by atoms with Crippen LogP contribution in [0, 0.1) is 21.4 Å². The molecule has 7 nitrogen and oxygen atoms in total. The number of nitrogens with one attached hydrogen (secondary N) is 1. The minimum atomic E-state index is -1.26. The Morgan fingerprint density at radius 3 is 2.58 bits per heavy atom. The van der Waals surface area contributed by atoms with Gasteiger partial charge in [0.25, 0.3) is 5.69 Å². The zero-order valence-corrected chi connectivity index (χ0v) is 14.5. The lowest BCUT2D eigenvalue weighted by molar-refractivity contribution is -0.384. The predicted molar refractivity (Wildman–Crippen MR) is 90.8 cm³/mol. The number of anilines is 1. The summed E-state index contributed by atoms with van der Waals surface area (Å²) in [6.45, 7) is 6.57. The molecule has 1 aliphatic carbocycles. The van der Waals surface area contributed by atoms with Gasteiger partial charge < -0.3 is 15.2 Å². The zero-order valence-electron chi connectivity index (χ0n) is 14.5. The third-order valence-corrected chi connectivity index (χ3v) is 4.49. The number of hydrogen-bond acceptors (Lipinski definition) is 5. The van der Waals surface area contributed by atoms with Crippen molar-refractivity contribution in [2.75, 3.05) is 12.4 Å². The van der Waals surface area contributed by atoms with Crippen molar-refractivity contribution in [3.63, 3.8) is 0 Å². The predicted octanol–water partition coefficient (Wildman–Crippen LogP) is 3.93. The topological polar surface area (TPSA) is 102 Å². The van der Waals surface area contributed by atoms with E-state index in [9.17, 15) is 20.0 Å². The van der Waals surface area contributed by atoms with Crippen LogP contribution in [0.15, 0.2) is 12.1 Å². The number of aromatic carboxylic acids is 1. The number of carbonyl (C=O) groups is 1. The Bertz CT molecular complexity index is 657. The van der Waals surface area contributed by atoms with Crippen molar-refractivity contribution in [3.05, 3.63) is 27.8 Å². The van der Waals surface area contributed by atoms with Gasteiger partial charge in [-0.1, -0.05) is 20.8 Å². The molecule has 1 aliphatic rings. The van der Waals surface area contributed by atoms with Crippen molar-refractivity contribution in [1.82, 2.24) is 0 Å². The molecular weight excluding hydrogens is 312 g/mol. The van der Waals surface area contributed by atoms with Gasteiger partial charge in [-0.3, -0.25) is 10.1 Å². The van der Waals surface area contributed by atoms with Crippen LogP contribution in [0.4, 0.5) is 11.4 Å². The summed E-state index contributed by atoms with van der Waals surface area (Å²) < 4.78 is 5.09. The lowest BCUT2D eigenvalue weighted by atomic mass is 9.70. The molecule has 1 saturated carbocycles. The van der Waals surface area contributed by atoms with E-state index in [1.54, 1.807) is 0 Å². The number of methoxy groups -OCH3 is 1. The van der Waals surface area contributed by atoms with Gasteiger partial charge in [-0.05, 0) is 30.6 Å². The third kappa shape index (κ3) is 3.96. The van der Waals surface area contributed by atoms with E-state index in [0.29, 0.717) is 11.6 Å². The molecule has 24 heavy (non-hydrogen) atoms. The summed E-state index contributed by atoms with van der Waals surface area (Å²) in [5.41, 5.74) is 0.00272. The van der Waals surface area contributed by atoms with Crippen molar-refractivity contribution >= 4 is 17.3 Å². The molecule has 0 aliphatic heterocycles. The lowest BCUT2D eigenvalue weighted by Gasteiger charge is -2.39. The Balaban J connectivity index is 2.38. The Morgan fingerprint density at radius 1 is 1.42 bits per heavy atom. The molecule has 0 unspecified atom stereocenters. The molecule has 0 aromatic heterocycles. The Labute approximate surface area is 141 Å². The number of carboxylic acids is 1. The van der Waals surface area contributed by atoms with E-state index in [0.717, 1.165) is 25.3 Å². The highest BCUT2D eigenvalue weighted by Crippen LogP contribution is 2.41. The van der Waals surface area contributed by atoms with E-state index in [4.69, 9.17) is 4.74 Å². The second kappa shape index (κ2) is 6.67. The number of ether oxygens (including phenoxy) is 1. The quantitative estimate of drug-likeness (QED) is 0.624. The molecule has 2 rings (SSSR count). The first-order valence-electron chi connectivity index (χ1n) is 7.99. The van der Waals surface area contributed by atoms with Crippen LogP contribution in [0.2, 0.25) is 0 Å². The summed E-state index contributed by atoms with van der Waals surface area (Å²) in [4.78, 5) is 22.1. The second-order valence-electron chi connectivity index (χ2n) is 7.39. The molecule has 0 saturated heterocycles. The normalized spacial score (nSPS) is 22.7. The van der Waals surface area contributed by atoms with Gasteiger partial charge in [0, 0.05) is 18.2 Å². The average molecular weight is 336 g/mol. The fourth-order valence-electron chi connectivity index (χ4n) is 3.85. The van der Waals surface area contributed by atoms with Gasteiger partial charge >= 0.3 is 5.97 Å². The van der Waals surface area contributed by atoms with Crippen LogP contribution in [-0.2, 0) is 0 Å². The number of nitro groups is 1. The Kier molecular flexibility index (Phi) is 5.01. The van der Waals surface area contributed by atoms with Crippen molar-refractivity contribution in [2.45, 2.75) is 46.1 Å². The average Bonchev–Trinajstić information content (AvgIpc) is 2.43. The van der Waals surface area contributed by atoms with E-state index >= 15 is 0 Å². The summed E-state index contributed by atoms with van der Waals surface area (Å²) in [6.07, 6.45) is 2.94. The van der Waals surface area contributed by atoms with Gasteiger partial charge in [0.2, 0.25) is 0 Å². The van der Waals surface area contributed by atoms with Crippen LogP contribution in [0.25, 0.3) is 0 Å². The highest BCUT2D eigenvalue weighted by molar-refractivity contribution is 5.93. The monoisotopic (exact) mass is 336 g/mol. The highest BCUT2D eigenvalue weighted by atomic mass is 16.6. The number of nitrogens with zero attached hydrogens (tertiary/aromatic N) is 1. The van der Waals surface area contributed by atoms with Gasteiger partial charge in [-0.15, -0.1) is 0 Å². The summed E-state index contributed by atoms with van der Waals surface area (Å²) >= 11 is 0. The fourth-order valence-corrected chi connectivity index (χ4v) is 3.85. The first kappa shape index (κ1) is 18.0. The molecule has 1 aromatic rings. The SMILES string of the molecule is COc1cc(N[C@H]2C[C@@H](C)CC(C)(C)C2)c([N+](=O)[O-])cc1C(=O)O. The summed E-state index contributed by atoms with van der Waals surface area (Å²) in [7, 11) is 1.35. The molecule has 2 N–H and O–H groups in total. The molecular formula is C17H24N2O5. The third-order valence-electron chi connectivity index (χ3n) is 4.49. The molecule has 1 aromatic carbocycles. The molecule has 0 amide bonds. The van der Waals surface area contributed by atoms with Crippen LogP contribution in [-0.4, -0.2) is 29.2 Å². The van der Waals surface area contributed by atoms with Gasteiger partial charge in [-0.25, -0.2) is 4.79 Å². The van der Waals surface area contributed by atoms with Crippen LogP contribution in [0.1, 0.15) is 50.4 Å². The van der Waals surface area contributed by atoms with E-state index in [-0.39, 0.29) is 28.5 Å². The second-order valence-corrected chi connectivity index (χ2v) is 7.39. The standard InChI is InChI=1S/C17H24N2O5/c1-10-5-11(9-17(2,3)8-10)18-13-7-15(24-4)12(16(20)21)6-14(13)19(22)23/h6-7,10-11,18H,5,8-9H2,1-4H3,(H,20,21)/t10-,11+/m1/s1. The number of nitro benzene ring substituents is 1. The maximum absolute atomic E-state index is 11.4. The fraction of sp³-hybridized carbons (Fsp3) is 0.588. The molecule has 7 heteroatoms. The van der Waals surface area contributed by atoms with Gasteiger partial charge in [0.05, 0.1) is 12.0 Å². The van der Waals surface area contributed by atoms with Crippen molar-refractivity contribution in [3.8, 4) is 5.75 Å². The zero-order chi connectivity index (χ0) is 18.1. The number of hydrogen-bond donors (Lipinski definition) is 2. The van der Waals surface area contributed by atoms with Gasteiger partial charge in [0.15, 0.2) is 0 Å². The highest BCUT2D eigenvalue weighted by Gasteiger charge is 2.33. The lowest BCUT2D eigenvalue weighted by Crippen LogP contribution is -2.35. The Hall–Kier alpha value is -2.31. The smallest absolute Gasteiger partial charge is 0.339 e. The molecule has 2 atom stereocenters. The Morgan fingerprint density at radius 2 is 2.08 bits per heavy atom. The largest absolute Gasteiger partial charge is 0.496 e. The van der Waals surface area contributed by atoms with Crippen molar-refractivity contribution in [2.24, 2.45) is 11.3 Å². The van der Waals surface area contributed by atoms with E-state index < -0.39 is 10.9 Å². The molecule has 0 spiro atoms. The number of benzene rings is 1. The van der Waals surface area contributed by atoms with Gasteiger partial charge in [0.1, 0.15) is 17.0 Å². The summed E-state index contributed by atoms with van der Waals surface area (Å²) in [5, 5.41) is 23.8. The van der Waals surface area contributed by atoms with E-state index in [1.165, 1.54) is 13.2 Å². The van der Waals surface area contributed by atoms with Crippen molar-refractivity contribution < 1.29 is 19.6 Å². The van der Waals surface area contributed by atoms with E-state index in [1.807, 2.05) is 0 Å². The van der Waals surface area contributed by atoms with Crippen LogP contribution >= 0.6 is 0 Å². The maximum atomic E-state index is 11.4. The van der Waals surface area contributed by atoms with Gasteiger partial charge in [-0.2, -0.15) is 0 Å². The molecule has 0 heterocycles. The molecule has 132 valence electrons. The summed E-state index contributed by atoms with van der Waals surface area (Å²) in [5.74, 6) is -0.627. The first-order valence-corrected chi connectivity index (χ1v) is 7.99. The van der Waals surface area contributed by atoms with Crippen LogP contribution < -0.4 is 10.1 Å². The maximum Gasteiger partial charge on any atom is 0.339 e. The minimum Gasteiger partial charge on any atom is -0.496 e. The minimum absolute atomic E-state index is 0.0998. The molecule has 0 bridgehead atoms. The number of carboxylic acid groups (broad SMARTS) is 1. The first-order chi connectivity index (χ1) is 11.1. The number of rotatable bonds is 5. The van der Waals surface area contributed by atoms with Crippen molar-refractivity contribution in [1.29, 1.82) is 0 Å². The molecule has 0 radical (unpaired) electrons. The van der Waals surface area contributed by atoms with Crippen LogP contribution in [0.3, 0.4) is 0 Å². The summed E-state index contributed by atoms with van der Waals surface area (Å²) in [6, 6.07) is 2.57. The van der Waals surface area contributed by atoms with E-state index in [2.05, 4.69) is 26.1 Å². The molecule has 1 fully saturated rings.